The van der Waals surface area contributed by atoms with Gasteiger partial charge in [0.25, 0.3) is 0 Å². The first-order valence-electron chi connectivity index (χ1n) is 8.49. The van der Waals surface area contributed by atoms with Crippen LogP contribution in [0, 0.1) is 13.8 Å². The van der Waals surface area contributed by atoms with Crippen molar-refractivity contribution in [1.82, 2.24) is 15.1 Å². The van der Waals surface area contributed by atoms with Crippen LogP contribution in [-0.2, 0) is 11.3 Å². The Labute approximate surface area is 129 Å². The van der Waals surface area contributed by atoms with Gasteiger partial charge in [-0.25, -0.2) is 0 Å². The van der Waals surface area contributed by atoms with Gasteiger partial charge in [-0.2, -0.15) is 5.10 Å². The van der Waals surface area contributed by atoms with Gasteiger partial charge in [0.05, 0.1) is 24.4 Å². The molecule has 1 fully saturated rings. The largest absolute Gasteiger partial charge is 0.373 e. The van der Waals surface area contributed by atoms with Crippen LogP contribution in [-0.4, -0.2) is 28.5 Å². The van der Waals surface area contributed by atoms with Gasteiger partial charge in [0, 0.05) is 17.3 Å². The highest BCUT2D eigenvalue weighted by Crippen LogP contribution is 2.26. The van der Waals surface area contributed by atoms with Gasteiger partial charge in [-0.15, -0.1) is 0 Å². The summed E-state index contributed by atoms with van der Waals surface area (Å²) in [5, 5.41) is 8.42. The molecule has 0 aromatic carbocycles. The van der Waals surface area contributed by atoms with E-state index in [1.54, 1.807) is 0 Å². The minimum Gasteiger partial charge on any atom is -0.373 e. The Kier molecular flexibility index (Phi) is 5.82. The Morgan fingerprint density at radius 1 is 1.33 bits per heavy atom. The standard InChI is InChI=1S/C17H31N3O/c1-6-10-18-16(7-2)17-13(4)19-20(14(17)5)11-15-9-8-12(3)21-15/h12,15-16,18H,6-11H2,1-5H3. The van der Waals surface area contributed by atoms with E-state index >= 15 is 0 Å². The number of ether oxygens (including phenoxy) is 1. The van der Waals surface area contributed by atoms with E-state index < -0.39 is 0 Å². The third-order valence-electron chi connectivity index (χ3n) is 4.53. The molecule has 0 saturated carbocycles. The fraction of sp³-hybridized carbons (Fsp3) is 0.824. The molecular formula is C17H31N3O. The molecule has 0 bridgehead atoms. The van der Waals surface area contributed by atoms with Crippen molar-refractivity contribution >= 4 is 0 Å². The van der Waals surface area contributed by atoms with Crippen LogP contribution in [0.25, 0.3) is 0 Å². The van der Waals surface area contributed by atoms with Crippen molar-refractivity contribution in [3.8, 4) is 0 Å². The fourth-order valence-electron chi connectivity index (χ4n) is 3.37. The van der Waals surface area contributed by atoms with E-state index in [-0.39, 0.29) is 0 Å². The number of nitrogens with zero attached hydrogens (tertiary/aromatic N) is 2. The molecule has 4 heteroatoms. The van der Waals surface area contributed by atoms with Gasteiger partial charge >= 0.3 is 0 Å². The monoisotopic (exact) mass is 293 g/mol. The first-order valence-corrected chi connectivity index (χ1v) is 8.49. The summed E-state index contributed by atoms with van der Waals surface area (Å²) in [4.78, 5) is 0. The molecule has 1 N–H and O–H groups in total. The minimum absolute atomic E-state index is 0.328. The van der Waals surface area contributed by atoms with Crippen LogP contribution in [0.5, 0.6) is 0 Å². The quantitative estimate of drug-likeness (QED) is 0.836. The SMILES string of the molecule is CCCNC(CC)c1c(C)nn(CC2CCC(C)O2)c1C. The molecule has 3 atom stereocenters. The van der Waals surface area contributed by atoms with Crippen molar-refractivity contribution < 1.29 is 4.74 Å². The van der Waals surface area contributed by atoms with E-state index in [0.717, 1.165) is 38.0 Å². The summed E-state index contributed by atoms with van der Waals surface area (Å²) in [6, 6.07) is 0.419. The zero-order valence-electron chi connectivity index (χ0n) is 14.3. The van der Waals surface area contributed by atoms with E-state index in [4.69, 9.17) is 9.84 Å². The maximum atomic E-state index is 5.94. The predicted molar refractivity (Wildman–Crippen MR) is 86.6 cm³/mol. The lowest BCUT2D eigenvalue weighted by Crippen LogP contribution is -2.23. The van der Waals surface area contributed by atoms with Gasteiger partial charge < -0.3 is 10.1 Å². The van der Waals surface area contributed by atoms with Crippen molar-refractivity contribution in [2.45, 2.75) is 85.1 Å². The number of nitrogens with one attached hydrogen (secondary N) is 1. The van der Waals surface area contributed by atoms with Gasteiger partial charge in [-0.05, 0) is 53.0 Å². The average Bonchev–Trinajstić information content (AvgIpc) is 2.97. The number of aryl methyl sites for hydroxylation is 1. The van der Waals surface area contributed by atoms with Crippen molar-refractivity contribution in [3.63, 3.8) is 0 Å². The molecule has 0 spiro atoms. The lowest BCUT2D eigenvalue weighted by atomic mass is 10.0. The predicted octanol–water partition coefficient (Wildman–Crippen LogP) is 3.52. The van der Waals surface area contributed by atoms with Crippen molar-refractivity contribution in [2.75, 3.05) is 6.54 Å². The second kappa shape index (κ2) is 7.41. The summed E-state index contributed by atoms with van der Waals surface area (Å²) in [7, 11) is 0. The number of aromatic nitrogens is 2. The lowest BCUT2D eigenvalue weighted by Gasteiger charge is -2.18. The van der Waals surface area contributed by atoms with E-state index in [1.807, 2.05) is 0 Å². The van der Waals surface area contributed by atoms with Crippen LogP contribution in [0.1, 0.15) is 69.4 Å². The Balaban J connectivity index is 2.12. The summed E-state index contributed by atoms with van der Waals surface area (Å²) in [6.07, 6.45) is 5.32. The smallest absolute Gasteiger partial charge is 0.0775 e. The summed E-state index contributed by atoms with van der Waals surface area (Å²) < 4.78 is 8.10. The van der Waals surface area contributed by atoms with Crippen LogP contribution in [0.2, 0.25) is 0 Å². The highest BCUT2D eigenvalue weighted by molar-refractivity contribution is 5.28. The topological polar surface area (TPSA) is 39.1 Å². The maximum Gasteiger partial charge on any atom is 0.0775 e. The zero-order chi connectivity index (χ0) is 15.4. The molecule has 21 heavy (non-hydrogen) atoms. The van der Waals surface area contributed by atoms with Crippen LogP contribution < -0.4 is 5.32 Å². The van der Waals surface area contributed by atoms with Crippen LogP contribution in [0.3, 0.4) is 0 Å². The molecular weight excluding hydrogens is 262 g/mol. The first kappa shape index (κ1) is 16.5. The number of hydrogen-bond acceptors (Lipinski definition) is 3. The fourth-order valence-corrected chi connectivity index (χ4v) is 3.37. The molecule has 0 aliphatic carbocycles. The van der Waals surface area contributed by atoms with E-state index in [2.05, 4.69) is 44.6 Å². The molecule has 1 aliphatic rings. The second-order valence-electron chi connectivity index (χ2n) is 6.33. The highest BCUT2D eigenvalue weighted by Gasteiger charge is 2.25. The van der Waals surface area contributed by atoms with Crippen molar-refractivity contribution in [2.24, 2.45) is 0 Å². The molecule has 1 aromatic heterocycles. The second-order valence-corrected chi connectivity index (χ2v) is 6.33. The average molecular weight is 293 g/mol. The number of rotatable bonds is 7. The lowest BCUT2D eigenvalue weighted by molar-refractivity contribution is 0.0432. The Hall–Kier alpha value is -0.870. The maximum absolute atomic E-state index is 5.94. The minimum atomic E-state index is 0.328. The molecule has 120 valence electrons. The van der Waals surface area contributed by atoms with E-state index in [9.17, 15) is 0 Å². The van der Waals surface area contributed by atoms with E-state index in [1.165, 1.54) is 17.7 Å². The van der Waals surface area contributed by atoms with E-state index in [0.29, 0.717) is 18.2 Å². The molecule has 0 radical (unpaired) electrons. The highest BCUT2D eigenvalue weighted by atomic mass is 16.5. The molecule has 3 unspecified atom stereocenters. The summed E-state index contributed by atoms with van der Waals surface area (Å²) in [5.74, 6) is 0. The van der Waals surface area contributed by atoms with Crippen LogP contribution in [0.15, 0.2) is 0 Å². The van der Waals surface area contributed by atoms with Crippen LogP contribution in [0.4, 0.5) is 0 Å². The van der Waals surface area contributed by atoms with Gasteiger partial charge in [0.15, 0.2) is 0 Å². The first-order chi connectivity index (χ1) is 10.1. The Bertz CT molecular complexity index is 455. The normalized spacial score (nSPS) is 23.7. The summed E-state index contributed by atoms with van der Waals surface area (Å²) >= 11 is 0. The van der Waals surface area contributed by atoms with Crippen molar-refractivity contribution in [1.29, 1.82) is 0 Å². The van der Waals surface area contributed by atoms with Gasteiger partial charge in [-0.3, -0.25) is 4.68 Å². The third kappa shape index (κ3) is 3.86. The molecule has 1 aliphatic heterocycles. The number of hydrogen-bond donors (Lipinski definition) is 1. The van der Waals surface area contributed by atoms with Crippen LogP contribution >= 0.6 is 0 Å². The Morgan fingerprint density at radius 3 is 2.67 bits per heavy atom. The van der Waals surface area contributed by atoms with Crippen molar-refractivity contribution in [3.05, 3.63) is 17.0 Å². The van der Waals surface area contributed by atoms with Gasteiger partial charge in [0.1, 0.15) is 0 Å². The molecule has 0 amide bonds. The molecule has 2 heterocycles. The van der Waals surface area contributed by atoms with Gasteiger partial charge in [-0.1, -0.05) is 13.8 Å². The third-order valence-corrected chi connectivity index (χ3v) is 4.53. The zero-order valence-corrected chi connectivity index (χ0v) is 14.3. The molecule has 4 nitrogen and oxygen atoms in total. The summed E-state index contributed by atoms with van der Waals surface area (Å²) in [6.45, 7) is 12.9. The summed E-state index contributed by atoms with van der Waals surface area (Å²) in [5.41, 5.74) is 3.84. The molecule has 1 saturated heterocycles. The Morgan fingerprint density at radius 2 is 2.10 bits per heavy atom. The molecule has 2 rings (SSSR count). The molecule has 1 aromatic rings. The van der Waals surface area contributed by atoms with Gasteiger partial charge in [0.2, 0.25) is 0 Å².